The molecule has 2 aromatic carbocycles. The first-order valence-electron chi connectivity index (χ1n) is 7.17. The van der Waals surface area contributed by atoms with Gasteiger partial charge >= 0.3 is 0 Å². The molecule has 0 saturated heterocycles. The summed E-state index contributed by atoms with van der Waals surface area (Å²) in [5.74, 6) is 2.33. The maximum Gasteiger partial charge on any atom is 0.231 e. The average Bonchev–Trinajstić information content (AvgIpc) is 2.95. The van der Waals surface area contributed by atoms with E-state index in [9.17, 15) is 5.11 Å². The van der Waals surface area contributed by atoms with Gasteiger partial charge in [0.25, 0.3) is 0 Å². The van der Waals surface area contributed by atoms with Crippen LogP contribution in [0.5, 0.6) is 11.5 Å². The predicted octanol–water partition coefficient (Wildman–Crippen LogP) is 2.96. The number of phenolic OH excluding ortho intramolecular Hbond substituents is 1. The average molecular weight is 310 g/mol. The number of hydrogen-bond acceptors (Lipinski definition) is 5. The van der Waals surface area contributed by atoms with E-state index >= 15 is 0 Å². The Morgan fingerprint density at radius 2 is 1.87 bits per heavy atom. The molecule has 0 unspecified atom stereocenters. The van der Waals surface area contributed by atoms with E-state index in [1.54, 1.807) is 25.3 Å². The zero-order valence-corrected chi connectivity index (χ0v) is 13.3. The van der Waals surface area contributed by atoms with Crippen LogP contribution in [-0.2, 0) is 7.05 Å². The topological polar surface area (TPSA) is 63.4 Å². The van der Waals surface area contributed by atoms with Crippen LogP contribution >= 0.6 is 0 Å². The number of hydrogen-bond donors (Lipinski definition) is 1. The second-order valence-electron chi connectivity index (χ2n) is 5.16. The van der Waals surface area contributed by atoms with Crippen LogP contribution in [0, 0.1) is 0 Å². The Hall–Kier alpha value is -3.02. The fourth-order valence-corrected chi connectivity index (χ4v) is 2.49. The van der Waals surface area contributed by atoms with Crippen molar-refractivity contribution < 1.29 is 9.84 Å². The van der Waals surface area contributed by atoms with E-state index in [0.29, 0.717) is 11.8 Å². The number of aromatic nitrogens is 3. The molecule has 1 N–H and O–H groups in total. The second kappa shape index (κ2) is 6.00. The molecule has 0 atom stereocenters. The third-order valence-electron chi connectivity index (χ3n) is 3.72. The van der Waals surface area contributed by atoms with Crippen LogP contribution in [-0.4, -0.2) is 34.0 Å². The Kier molecular flexibility index (Phi) is 3.89. The van der Waals surface area contributed by atoms with Gasteiger partial charge < -0.3 is 14.7 Å². The Morgan fingerprint density at radius 3 is 2.61 bits per heavy atom. The molecule has 6 nitrogen and oxygen atoms in total. The minimum atomic E-state index is 0.210. The first kappa shape index (κ1) is 14.9. The summed E-state index contributed by atoms with van der Waals surface area (Å²) >= 11 is 0. The number of phenols is 1. The van der Waals surface area contributed by atoms with Crippen molar-refractivity contribution >= 4 is 11.6 Å². The van der Waals surface area contributed by atoms with E-state index in [0.717, 1.165) is 17.0 Å². The first-order chi connectivity index (χ1) is 11.1. The van der Waals surface area contributed by atoms with Gasteiger partial charge in [0.1, 0.15) is 11.5 Å². The molecule has 0 fully saturated rings. The molecule has 1 aromatic heterocycles. The van der Waals surface area contributed by atoms with Gasteiger partial charge in [0.05, 0.1) is 12.7 Å². The van der Waals surface area contributed by atoms with Gasteiger partial charge in [-0.15, -0.1) is 10.2 Å². The molecule has 0 bridgehead atoms. The van der Waals surface area contributed by atoms with Crippen LogP contribution in [0.3, 0.4) is 0 Å². The van der Waals surface area contributed by atoms with Crippen molar-refractivity contribution in [2.45, 2.75) is 0 Å². The minimum absolute atomic E-state index is 0.210. The monoisotopic (exact) mass is 310 g/mol. The lowest BCUT2D eigenvalue weighted by atomic mass is 10.2. The van der Waals surface area contributed by atoms with Crippen molar-refractivity contribution in [3.63, 3.8) is 0 Å². The normalized spacial score (nSPS) is 10.6. The van der Waals surface area contributed by atoms with Gasteiger partial charge in [0.2, 0.25) is 5.95 Å². The molecule has 0 saturated carbocycles. The predicted molar refractivity (Wildman–Crippen MR) is 89.2 cm³/mol. The molecule has 0 radical (unpaired) electrons. The zero-order chi connectivity index (χ0) is 16.4. The molecule has 118 valence electrons. The molecule has 3 rings (SSSR count). The Labute approximate surface area is 134 Å². The fraction of sp³-hybridized carbons (Fsp3) is 0.176. The molecular formula is C17H18N4O2. The number of nitrogens with zero attached hydrogens (tertiary/aromatic N) is 4. The summed E-state index contributed by atoms with van der Waals surface area (Å²) in [5, 5.41) is 18.2. The van der Waals surface area contributed by atoms with E-state index in [2.05, 4.69) is 10.2 Å². The van der Waals surface area contributed by atoms with Crippen LogP contribution in [0.4, 0.5) is 11.6 Å². The van der Waals surface area contributed by atoms with Crippen LogP contribution in [0.2, 0.25) is 0 Å². The summed E-state index contributed by atoms with van der Waals surface area (Å²) < 4.78 is 7.29. The molecule has 0 aliphatic heterocycles. The number of rotatable bonds is 4. The standard InChI is InChI=1S/C17H18N4O2/c1-20(12-7-6-8-13(22)11-12)17-19-18-16(21(17)2)14-9-4-5-10-15(14)23-3/h4-11,22H,1-3H3. The molecule has 23 heavy (non-hydrogen) atoms. The summed E-state index contributed by atoms with van der Waals surface area (Å²) in [7, 11) is 5.41. The van der Waals surface area contributed by atoms with Crippen LogP contribution in [0.25, 0.3) is 11.4 Å². The van der Waals surface area contributed by atoms with E-state index in [4.69, 9.17) is 4.74 Å². The highest BCUT2D eigenvalue weighted by molar-refractivity contribution is 5.67. The molecule has 0 aliphatic carbocycles. The summed E-state index contributed by atoms with van der Waals surface area (Å²) in [5.41, 5.74) is 1.70. The Balaban J connectivity index is 2.02. The highest BCUT2D eigenvalue weighted by atomic mass is 16.5. The highest BCUT2D eigenvalue weighted by Crippen LogP contribution is 2.31. The van der Waals surface area contributed by atoms with Gasteiger partial charge in [-0.05, 0) is 24.3 Å². The van der Waals surface area contributed by atoms with Gasteiger partial charge in [-0.2, -0.15) is 0 Å². The Bertz CT molecular complexity index is 829. The second-order valence-corrected chi connectivity index (χ2v) is 5.16. The van der Waals surface area contributed by atoms with Gasteiger partial charge in [-0.25, -0.2) is 0 Å². The lowest BCUT2D eigenvalue weighted by molar-refractivity contribution is 0.416. The SMILES string of the molecule is COc1ccccc1-c1nnc(N(C)c2cccc(O)c2)n1C. The molecule has 1 heterocycles. The van der Waals surface area contributed by atoms with Crippen molar-refractivity contribution in [2.24, 2.45) is 7.05 Å². The summed E-state index contributed by atoms with van der Waals surface area (Å²) in [6.45, 7) is 0. The molecular weight excluding hydrogens is 292 g/mol. The van der Waals surface area contributed by atoms with Gasteiger partial charge in [-0.1, -0.05) is 18.2 Å². The lowest BCUT2D eigenvalue weighted by Gasteiger charge is -2.18. The third-order valence-corrected chi connectivity index (χ3v) is 3.72. The largest absolute Gasteiger partial charge is 0.508 e. The quantitative estimate of drug-likeness (QED) is 0.802. The number of methoxy groups -OCH3 is 1. The number of ether oxygens (including phenoxy) is 1. The molecule has 0 amide bonds. The van der Waals surface area contributed by atoms with Gasteiger partial charge in [0, 0.05) is 25.8 Å². The lowest BCUT2D eigenvalue weighted by Crippen LogP contribution is -2.14. The maximum atomic E-state index is 9.64. The molecule has 3 aromatic rings. The molecule has 0 aliphatic rings. The number of para-hydroxylation sites is 1. The third kappa shape index (κ3) is 2.70. The first-order valence-corrected chi connectivity index (χ1v) is 7.17. The van der Waals surface area contributed by atoms with Crippen molar-refractivity contribution in [3.8, 4) is 22.9 Å². The smallest absolute Gasteiger partial charge is 0.231 e. The van der Waals surface area contributed by atoms with E-state index in [1.807, 2.05) is 53.9 Å². The summed E-state index contributed by atoms with van der Waals surface area (Å²) in [4.78, 5) is 1.87. The number of anilines is 2. The number of benzene rings is 2. The van der Waals surface area contributed by atoms with E-state index in [-0.39, 0.29) is 5.75 Å². The minimum Gasteiger partial charge on any atom is -0.508 e. The highest BCUT2D eigenvalue weighted by Gasteiger charge is 2.17. The maximum absolute atomic E-state index is 9.64. The van der Waals surface area contributed by atoms with E-state index in [1.165, 1.54) is 0 Å². The Morgan fingerprint density at radius 1 is 1.09 bits per heavy atom. The molecule has 0 spiro atoms. The molecule has 6 heteroatoms. The fourth-order valence-electron chi connectivity index (χ4n) is 2.49. The van der Waals surface area contributed by atoms with Gasteiger partial charge in [0.15, 0.2) is 5.82 Å². The summed E-state index contributed by atoms with van der Waals surface area (Å²) in [6.07, 6.45) is 0. The zero-order valence-electron chi connectivity index (χ0n) is 13.3. The van der Waals surface area contributed by atoms with Crippen molar-refractivity contribution in [1.82, 2.24) is 14.8 Å². The van der Waals surface area contributed by atoms with Crippen molar-refractivity contribution in [2.75, 3.05) is 19.1 Å². The van der Waals surface area contributed by atoms with Crippen molar-refractivity contribution in [3.05, 3.63) is 48.5 Å². The van der Waals surface area contributed by atoms with Crippen molar-refractivity contribution in [1.29, 1.82) is 0 Å². The van der Waals surface area contributed by atoms with Crippen LogP contribution in [0.15, 0.2) is 48.5 Å². The van der Waals surface area contributed by atoms with Gasteiger partial charge in [-0.3, -0.25) is 4.57 Å². The number of aromatic hydroxyl groups is 1. The van der Waals surface area contributed by atoms with Crippen LogP contribution in [0.1, 0.15) is 0 Å². The van der Waals surface area contributed by atoms with Crippen LogP contribution < -0.4 is 9.64 Å². The summed E-state index contributed by atoms with van der Waals surface area (Å²) in [6, 6.07) is 14.7. The van der Waals surface area contributed by atoms with E-state index < -0.39 is 0 Å².